The first-order valence-electron chi connectivity index (χ1n) is 8.60. The molecule has 1 saturated heterocycles. The first-order valence-corrected chi connectivity index (χ1v) is 8.98. The van der Waals surface area contributed by atoms with E-state index in [4.69, 9.17) is 11.6 Å². The van der Waals surface area contributed by atoms with Crippen LogP contribution in [0.4, 0.5) is 4.39 Å². The maximum atomic E-state index is 14.0. The fourth-order valence-electron chi connectivity index (χ4n) is 3.63. The summed E-state index contributed by atoms with van der Waals surface area (Å²) in [5.74, 6) is -0.636. The molecule has 2 aliphatic rings. The van der Waals surface area contributed by atoms with E-state index >= 15 is 0 Å². The minimum Gasteiger partial charge on any atom is -0.341 e. The highest BCUT2D eigenvalue weighted by atomic mass is 35.5. The maximum Gasteiger partial charge on any atom is 0.258 e. The number of amides is 2. The minimum atomic E-state index is -0.601. The lowest BCUT2D eigenvalue weighted by molar-refractivity contribution is -0.135. The minimum absolute atomic E-state index is 0.0743. The van der Waals surface area contributed by atoms with Crippen molar-refractivity contribution in [1.82, 2.24) is 9.80 Å². The van der Waals surface area contributed by atoms with Crippen LogP contribution in [-0.4, -0.2) is 47.8 Å². The van der Waals surface area contributed by atoms with Gasteiger partial charge >= 0.3 is 0 Å². The average molecular weight is 353 g/mol. The van der Waals surface area contributed by atoms with Gasteiger partial charge in [-0.05, 0) is 31.4 Å². The molecule has 24 heavy (non-hydrogen) atoms. The Morgan fingerprint density at radius 2 is 1.67 bits per heavy atom. The Bertz CT molecular complexity index is 611. The summed E-state index contributed by atoms with van der Waals surface area (Å²) >= 11 is 6.00. The van der Waals surface area contributed by atoms with Crippen LogP contribution in [0.15, 0.2) is 18.2 Å². The lowest BCUT2D eigenvalue weighted by atomic mass is 10.1. The summed E-state index contributed by atoms with van der Waals surface area (Å²) in [4.78, 5) is 28.6. The molecule has 1 aliphatic carbocycles. The lowest BCUT2D eigenvalue weighted by Gasteiger charge is -2.24. The fourth-order valence-corrected chi connectivity index (χ4v) is 3.88. The Morgan fingerprint density at radius 3 is 2.38 bits per heavy atom. The van der Waals surface area contributed by atoms with Gasteiger partial charge in [0.15, 0.2) is 0 Å². The topological polar surface area (TPSA) is 40.6 Å². The van der Waals surface area contributed by atoms with E-state index in [1.807, 2.05) is 4.90 Å². The summed E-state index contributed by atoms with van der Waals surface area (Å²) in [6, 6.07) is 4.25. The molecule has 0 atom stereocenters. The van der Waals surface area contributed by atoms with Gasteiger partial charge in [-0.25, -0.2) is 4.39 Å². The summed E-state index contributed by atoms with van der Waals surface area (Å²) < 4.78 is 14.0. The van der Waals surface area contributed by atoms with Gasteiger partial charge in [0, 0.05) is 32.1 Å². The number of rotatable bonds is 2. The quantitative estimate of drug-likeness (QED) is 0.819. The van der Waals surface area contributed by atoms with Gasteiger partial charge in [-0.3, -0.25) is 9.59 Å². The van der Waals surface area contributed by atoms with E-state index in [-0.39, 0.29) is 22.4 Å². The van der Waals surface area contributed by atoms with E-state index in [2.05, 4.69) is 0 Å². The summed E-state index contributed by atoms with van der Waals surface area (Å²) in [5, 5.41) is 0.128. The molecule has 130 valence electrons. The summed E-state index contributed by atoms with van der Waals surface area (Å²) in [6.07, 6.45) is 4.91. The molecule has 1 aliphatic heterocycles. The highest BCUT2D eigenvalue weighted by Gasteiger charge is 2.30. The van der Waals surface area contributed by atoms with Crippen LogP contribution in [0.25, 0.3) is 0 Å². The second-order valence-electron chi connectivity index (χ2n) is 6.55. The fraction of sp³-hybridized carbons (Fsp3) is 0.556. The molecule has 2 fully saturated rings. The van der Waals surface area contributed by atoms with Gasteiger partial charge in [0.2, 0.25) is 5.91 Å². The molecule has 3 rings (SSSR count). The molecule has 6 heteroatoms. The van der Waals surface area contributed by atoms with Crippen LogP contribution in [0.5, 0.6) is 0 Å². The number of hydrogen-bond donors (Lipinski definition) is 0. The van der Waals surface area contributed by atoms with Gasteiger partial charge in [0.1, 0.15) is 5.82 Å². The van der Waals surface area contributed by atoms with Crippen molar-refractivity contribution in [2.75, 3.05) is 26.2 Å². The normalized spacial score (nSPS) is 19.4. The monoisotopic (exact) mass is 352 g/mol. The van der Waals surface area contributed by atoms with Gasteiger partial charge in [0.05, 0.1) is 10.6 Å². The van der Waals surface area contributed by atoms with E-state index in [9.17, 15) is 14.0 Å². The van der Waals surface area contributed by atoms with Gasteiger partial charge in [-0.1, -0.05) is 30.5 Å². The molecule has 0 radical (unpaired) electrons. The van der Waals surface area contributed by atoms with Gasteiger partial charge in [0.25, 0.3) is 5.91 Å². The standard InChI is InChI=1S/C18H22ClFN2O2/c19-14-7-3-8-15(20)16(14)18(24)22-10-4-9-21(11-12-22)17(23)13-5-1-2-6-13/h3,7-8,13H,1-2,4-6,9-12H2. The van der Waals surface area contributed by atoms with E-state index in [0.29, 0.717) is 32.6 Å². The molecule has 0 N–H and O–H groups in total. The zero-order valence-electron chi connectivity index (χ0n) is 13.6. The second-order valence-corrected chi connectivity index (χ2v) is 6.96. The van der Waals surface area contributed by atoms with Crippen molar-refractivity contribution in [2.45, 2.75) is 32.1 Å². The summed E-state index contributed by atoms with van der Waals surface area (Å²) in [6.45, 7) is 2.09. The molecule has 0 spiro atoms. The lowest BCUT2D eigenvalue weighted by Crippen LogP contribution is -2.39. The predicted octanol–water partition coefficient (Wildman–Crippen LogP) is 3.34. The molecule has 1 heterocycles. The van der Waals surface area contributed by atoms with Crippen LogP contribution in [-0.2, 0) is 4.79 Å². The Labute approximate surface area is 146 Å². The number of hydrogen-bond acceptors (Lipinski definition) is 2. The van der Waals surface area contributed by atoms with Crippen LogP contribution in [0.2, 0.25) is 5.02 Å². The average Bonchev–Trinajstić information content (AvgIpc) is 2.98. The number of carbonyl (C=O) groups excluding carboxylic acids is 2. The molecule has 1 aromatic carbocycles. The van der Waals surface area contributed by atoms with Crippen molar-refractivity contribution in [3.8, 4) is 0 Å². The first kappa shape index (κ1) is 17.2. The first-order chi connectivity index (χ1) is 11.6. The number of benzene rings is 1. The summed E-state index contributed by atoms with van der Waals surface area (Å²) in [5.41, 5.74) is -0.0743. The van der Waals surface area contributed by atoms with Crippen molar-refractivity contribution in [1.29, 1.82) is 0 Å². The highest BCUT2D eigenvalue weighted by molar-refractivity contribution is 6.33. The zero-order chi connectivity index (χ0) is 17.1. The smallest absolute Gasteiger partial charge is 0.258 e. The van der Waals surface area contributed by atoms with Crippen LogP contribution < -0.4 is 0 Å². The molecule has 0 bridgehead atoms. The van der Waals surface area contributed by atoms with E-state index in [0.717, 1.165) is 25.7 Å². The molecule has 0 aromatic heterocycles. The largest absolute Gasteiger partial charge is 0.341 e. The van der Waals surface area contributed by atoms with Crippen LogP contribution in [0.1, 0.15) is 42.5 Å². The molecular weight excluding hydrogens is 331 g/mol. The van der Waals surface area contributed by atoms with Crippen LogP contribution in [0, 0.1) is 11.7 Å². The molecule has 2 amide bonds. The summed E-state index contributed by atoms with van der Waals surface area (Å²) in [7, 11) is 0. The van der Waals surface area contributed by atoms with Gasteiger partial charge < -0.3 is 9.80 Å². The maximum absolute atomic E-state index is 14.0. The van der Waals surface area contributed by atoms with Crippen LogP contribution >= 0.6 is 11.6 Å². The Kier molecular flexibility index (Phi) is 5.39. The zero-order valence-corrected chi connectivity index (χ0v) is 14.4. The van der Waals surface area contributed by atoms with Crippen molar-refractivity contribution in [3.63, 3.8) is 0 Å². The molecule has 1 aromatic rings. The molecule has 0 unspecified atom stereocenters. The van der Waals surface area contributed by atoms with Gasteiger partial charge in [-0.15, -0.1) is 0 Å². The van der Waals surface area contributed by atoms with Crippen molar-refractivity contribution in [2.24, 2.45) is 5.92 Å². The van der Waals surface area contributed by atoms with Crippen molar-refractivity contribution < 1.29 is 14.0 Å². The predicted molar refractivity (Wildman–Crippen MR) is 90.5 cm³/mol. The number of nitrogens with zero attached hydrogens (tertiary/aromatic N) is 2. The number of carbonyl (C=O) groups is 2. The van der Waals surface area contributed by atoms with Crippen molar-refractivity contribution in [3.05, 3.63) is 34.6 Å². The van der Waals surface area contributed by atoms with E-state index in [1.165, 1.54) is 18.2 Å². The number of halogens is 2. The van der Waals surface area contributed by atoms with Gasteiger partial charge in [-0.2, -0.15) is 0 Å². The molecular formula is C18H22ClFN2O2. The Morgan fingerprint density at radius 1 is 1.00 bits per heavy atom. The van der Waals surface area contributed by atoms with Crippen molar-refractivity contribution >= 4 is 23.4 Å². The van der Waals surface area contributed by atoms with E-state index < -0.39 is 11.7 Å². The second kappa shape index (κ2) is 7.51. The Balaban J connectivity index is 1.67. The van der Waals surface area contributed by atoms with Crippen LogP contribution in [0.3, 0.4) is 0 Å². The SMILES string of the molecule is O=C(c1c(F)cccc1Cl)N1CCCN(C(=O)C2CCCC2)CC1. The third-order valence-electron chi connectivity index (χ3n) is 4.98. The third-order valence-corrected chi connectivity index (χ3v) is 5.29. The Hall–Kier alpha value is -1.62. The molecule has 1 saturated carbocycles. The third kappa shape index (κ3) is 3.56. The van der Waals surface area contributed by atoms with E-state index in [1.54, 1.807) is 4.90 Å². The molecule has 4 nitrogen and oxygen atoms in total. The highest BCUT2D eigenvalue weighted by Crippen LogP contribution is 2.27.